The highest BCUT2D eigenvalue weighted by atomic mass is 32.2. The predicted molar refractivity (Wildman–Crippen MR) is 109 cm³/mol. The van der Waals surface area contributed by atoms with Crippen LogP contribution in [0, 0.1) is 0 Å². The summed E-state index contributed by atoms with van der Waals surface area (Å²) in [7, 11) is -2.20. The van der Waals surface area contributed by atoms with Gasteiger partial charge in [-0.3, -0.25) is 14.0 Å². The lowest BCUT2D eigenvalue weighted by atomic mass is 10.2. The van der Waals surface area contributed by atoms with Crippen molar-refractivity contribution in [3.05, 3.63) is 46.7 Å². The number of benzene rings is 1. The Morgan fingerprint density at radius 1 is 1.11 bits per heavy atom. The van der Waals surface area contributed by atoms with E-state index in [-0.39, 0.29) is 10.8 Å². The lowest BCUT2D eigenvalue weighted by Crippen LogP contribution is -2.48. The molecule has 3 rings (SSSR count). The second-order valence-electron chi connectivity index (χ2n) is 6.55. The molecule has 1 saturated heterocycles. The highest BCUT2D eigenvalue weighted by molar-refractivity contribution is 7.92. The van der Waals surface area contributed by atoms with Gasteiger partial charge in [-0.05, 0) is 36.5 Å². The van der Waals surface area contributed by atoms with Crippen LogP contribution in [0.4, 0.5) is 5.69 Å². The lowest BCUT2D eigenvalue weighted by Gasteiger charge is -2.34. The Hall–Kier alpha value is -1.90. The number of nitrogens with zero attached hydrogens (tertiary/aromatic N) is 3. The third-order valence-corrected chi connectivity index (χ3v) is 7.46. The molecule has 1 aromatic heterocycles. The van der Waals surface area contributed by atoms with Crippen LogP contribution in [0.1, 0.15) is 23.0 Å². The third-order valence-electron chi connectivity index (χ3n) is 4.78. The summed E-state index contributed by atoms with van der Waals surface area (Å²) in [6, 6.07) is 9.98. The summed E-state index contributed by atoms with van der Waals surface area (Å²) in [4.78, 5) is 17.9. The molecule has 1 fully saturated rings. The second kappa shape index (κ2) is 8.41. The smallest absolute Gasteiger partial charge is 0.266 e. The van der Waals surface area contributed by atoms with E-state index in [1.165, 1.54) is 22.7 Å². The summed E-state index contributed by atoms with van der Waals surface area (Å²) in [5.41, 5.74) is 0.435. The molecule has 0 N–H and O–H groups in total. The molecule has 27 heavy (non-hydrogen) atoms. The first kappa shape index (κ1) is 19.9. The van der Waals surface area contributed by atoms with Gasteiger partial charge in [0.15, 0.2) is 0 Å². The zero-order chi connectivity index (χ0) is 19.4. The average Bonchev–Trinajstić information content (AvgIpc) is 3.18. The molecule has 0 saturated carbocycles. The van der Waals surface area contributed by atoms with Gasteiger partial charge in [0.2, 0.25) is 0 Å². The fourth-order valence-corrected chi connectivity index (χ4v) is 5.40. The van der Waals surface area contributed by atoms with Crippen LogP contribution in [0.15, 0.2) is 46.7 Å². The van der Waals surface area contributed by atoms with Gasteiger partial charge in [0.25, 0.3) is 15.9 Å². The number of hydrogen-bond acceptors (Lipinski definition) is 5. The number of carbonyl (C=O) groups excluding carboxylic acids is 1. The summed E-state index contributed by atoms with van der Waals surface area (Å²) in [6.45, 7) is 6.26. The lowest BCUT2D eigenvalue weighted by molar-refractivity contribution is 0.0643. The molecule has 0 unspecified atom stereocenters. The van der Waals surface area contributed by atoms with Crippen LogP contribution in [0.25, 0.3) is 0 Å². The maximum Gasteiger partial charge on any atom is 0.266 e. The first-order valence-corrected chi connectivity index (χ1v) is 11.4. The Labute approximate surface area is 165 Å². The van der Waals surface area contributed by atoms with Gasteiger partial charge in [0.1, 0.15) is 4.88 Å². The minimum absolute atomic E-state index is 0.0914. The van der Waals surface area contributed by atoms with E-state index in [4.69, 9.17) is 0 Å². The van der Waals surface area contributed by atoms with E-state index in [0.717, 1.165) is 26.1 Å². The van der Waals surface area contributed by atoms with E-state index >= 15 is 0 Å². The number of hydrogen-bond donors (Lipinski definition) is 0. The molecule has 0 bridgehead atoms. The molecule has 6 nitrogen and oxygen atoms in total. The van der Waals surface area contributed by atoms with E-state index < -0.39 is 10.0 Å². The van der Waals surface area contributed by atoms with Crippen molar-refractivity contribution < 1.29 is 13.2 Å². The summed E-state index contributed by atoms with van der Waals surface area (Å²) in [5.74, 6) is -0.0914. The number of thiophene rings is 1. The molecule has 1 aliphatic heterocycles. The molecular formula is C19H25N3O3S2. The average molecular weight is 408 g/mol. The number of carbonyl (C=O) groups is 1. The van der Waals surface area contributed by atoms with Crippen LogP contribution < -0.4 is 4.31 Å². The zero-order valence-electron chi connectivity index (χ0n) is 15.7. The Balaban J connectivity index is 1.79. The number of amides is 1. The minimum atomic E-state index is -3.70. The number of piperazine rings is 1. The molecule has 0 atom stereocenters. The van der Waals surface area contributed by atoms with Gasteiger partial charge >= 0.3 is 0 Å². The Kier molecular flexibility index (Phi) is 6.18. The molecule has 1 amide bonds. The molecule has 0 aliphatic carbocycles. The number of anilines is 1. The summed E-state index contributed by atoms with van der Waals surface area (Å²) in [5, 5.41) is 1.77. The van der Waals surface area contributed by atoms with Crippen LogP contribution in [0.5, 0.6) is 0 Å². The maximum absolute atomic E-state index is 13.0. The molecule has 1 aromatic carbocycles. The topological polar surface area (TPSA) is 60.9 Å². The molecule has 8 heteroatoms. The fourth-order valence-electron chi connectivity index (χ4n) is 3.22. The SMILES string of the molecule is CCCN1CCN(C(=O)c2sccc2N(C)S(=O)(=O)c2ccccc2)CC1. The van der Waals surface area contributed by atoms with Crippen molar-refractivity contribution in [3.8, 4) is 0 Å². The van der Waals surface area contributed by atoms with Crippen LogP contribution in [-0.4, -0.2) is 63.9 Å². The van der Waals surface area contributed by atoms with E-state index in [0.29, 0.717) is 23.7 Å². The first-order valence-electron chi connectivity index (χ1n) is 9.08. The predicted octanol–water partition coefficient (Wildman–Crippen LogP) is 2.74. The van der Waals surface area contributed by atoms with Gasteiger partial charge in [-0.15, -0.1) is 11.3 Å². The van der Waals surface area contributed by atoms with Crippen molar-refractivity contribution >= 4 is 33.0 Å². The molecule has 2 aromatic rings. The van der Waals surface area contributed by atoms with E-state index in [1.807, 2.05) is 4.90 Å². The molecule has 2 heterocycles. The van der Waals surface area contributed by atoms with Gasteiger partial charge < -0.3 is 4.90 Å². The van der Waals surface area contributed by atoms with Crippen LogP contribution in [-0.2, 0) is 10.0 Å². The number of rotatable bonds is 6. The van der Waals surface area contributed by atoms with Crippen molar-refractivity contribution in [3.63, 3.8) is 0 Å². The van der Waals surface area contributed by atoms with Gasteiger partial charge in [-0.1, -0.05) is 25.1 Å². The van der Waals surface area contributed by atoms with Crippen molar-refractivity contribution in [2.24, 2.45) is 0 Å². The van der Waals surface area contributed by atoms with Crippen molar-refractivity contribution in [1.82, 2.24) is 9.80 Å². The third kappa shape index (κ3) is 4.17. The molecule has 0 radical (unpaired) electrons. The Morgan fingerprint density at radius 2 is 1.78 bits per heavy atom. The fraction of sp³-hybridized carbons (Fsp3) is 0.421. The molecular weight excluding hydrogens is 382 g/mol. The summed E-state index contributed by atoms with van der Waals surface area (Å²) < 4.78 is 27.0. The summed E-state index contributed by atoms with van der Waals surface area (Å²) in [6.07, 6.45) is 1.10. The molecule has 146 valence electrons. The second-order valence-corrected chi connectivity index (χ2v) is 9.44. The largest absolute Gasteiger partial charge is 0.335 e. The molecule has 1 aliphatic rings. The zero-order valence-corrected chi connectivity index (χ0v) is 17.3. The van der Waals surface area contributed by atoms with Crippen LogP contribution >= 0.6 is 11.3 Å². The first-order chi connectivity index (χ1) is 12.9. The van der Waals surface area contributed by atoms with Crippen LogP contribution in [0.3, 0.4) is 0 Å². The summed E-state index contributed by atoms with van der Waals surface area (Å²) >= 11 is 1.29. The highest BCUT2D eigenvalue weighted by Gasteiger charge is 2.29. The van der Waals surface area contributed by atoms with E-state index in [2.05, 4.69) is 11.8 Å². The Morgan fingerprint density at radius 3 is 2.41 bits per heavy atom. The van der Waals surface area contributed by atoms with E-state index in [9.17, 15) is 13.2 Å². The van der Waals surface area contributed by atoms with Gasteiger partial charge in [0, 0.05) is 33.2 Å². The van der Waals surface area contributed by atoms with Crippen LogP contribution in [0.2, 0.25) is 0 Å². The van der Waals surface area contributed by atoms with Crippen molar-refractivity contribution in [1.29, 1.82) is 0 Å². The standard InChI is InChI=1S/C19H25N3O3S2/c1-3-10-21-11-13-22(14-12-21)19(23)18-17(9-15-26-18)20(2)27(24,25)16-7-5-4-6-8-16/h4-9,15H,3,10-14H2,1-2H3. The Bertz CT molecular complexity index is 873. The van der Waals surface area contributed by atoms with E-state index in [1.54, 1.807) is 41.8 Å². The van der Waals surface area contributed by atoms with Gasteiger partial charge in [0.05, 0.1) is 10.6 Å². The normalized spacial score (nSPS) is 15.7. The molecule has 0 spiro atoms. The van der Waals surface area contributed by atoms with Crippen molar-refractivity contribution in [2.75, 3.05) is 44.1 Å². The monoisotopic (exact) mass is 407 g/mol. The number of sulfonamides is 1. The van der Waals surface area contributed by atoms with Gasteiger partial charge in [-0.25, -0.2) is 8.42 Å². The highest BCUT2D eigenvalue weighted by Crippen LogP contribution is 2.31. The van der Waals surface area contributed by atoms with Gasteiger partial charge in [-0.2, -0.15) is 0 Å². The minimum Gasteiger partial charge on any atom is -0.335 e. The maximum atomic E-state index is 13.0. The van der Waals surface area contributed by atoms with Crippen molar-refractivity contribution in [2.45, 2.75) is 18.2 Å². The quantitative estimate of drug-likeness (QED) is 0.739.